The maximum Gasteiger partial charge on any atom is 0.260 e. The summed E-state index contributed by atoms with van der Waals surface area (Å²) in [6, 6.07) is 8.29. The van der Waals surface area contributed by atoms with Crippen molar-refractivity contribution in [1.29, 1.82) is 0 Å². The van der Waals surface area contributed by atoms with Gasteiger partial charge in [0.25, 0.3) is 5.91 Å². The molecule has 5 nitrogen and oxygen atoms in total. The summed E-state index contributed by atoms with van der Waals surface area (Å²) in [6.07, 6.45) is 1.46. The Hall–Kier alpha value is -2.27. The Morgan fingerprint density at radius 2 is 2.20 bits per heavy atom. The summed E-state index contributed by atoms with van der Waals surface area (Å²) in [5.74, 6) is 0.446. The molecule has 1 amide bonds. The molecule has 0 radical (unpaired) electrons. The highest BCUT2D eigenvalue weighted by Crippen LogP contribution is 2.27. The summed E-state index contributed by atoms with van der Waals surface area (Å²) < 4.78 is 5.42. The molecule has 0 bridgehead atoms. The number of hydrogen-bond acceptors (Lipinski definition) is 4. The number of anilines is 2. The number of nitrogens with one attached hydrogen (secondary N) is 1. The van der Waals surface area contributed by atoms with E-state index in [0.29, 0.717) is 34.4 Å². The van der Waals surface area contributed by atoms with Gasteiger partial charge >= 0.3 is 0 Å². The van der Waals surface area contributed by atoms with Crippen molar-refractivity contribution in [2.24, 2.45) is 0 Å². The molecule has 20 heavy (non-hydrogen) atoms. The van der Waals surface area contributed by atoms with Gasteiger partial charge in [-0.2, -0.15) is 0 Å². The van der Waals surface area contributed by atoms with Gasteiger partial charge in [-0.25, -0.2) is 4.98 Å². The first-order chi connectivity index (χ1) is 9.61. The van der Waals surface area contributed by atoms with Crippen molar-refractivity contribution in [2.75, 3.05) is 17.7 Å². The molecule has 0 atom stereocenters. The fourth-order valence-corrected chi connectivity index (χ4v) is 1.78. The van der Waals surface area contributed by atoms with Gasteiger partial charge in [0.2, 0.25) is 0 Å². The quantitative estimate of drug-likeness (QED) is 0.849. The molecular formula is C14H14ClN3O2. The summed E-state index contributed by atoms with van der Waals surface area (Å²) in [6.45, 7) is 2.25. The number of amides is 1. The number of hydrogen-bond donors (Lipinski definition) is 2. The summed E-state index contributed by atoms with van der Waals surface area (Å²) in [7, 11) is 0. The van der Waals surface area contributed by atoms with Crippen LogP contribution in [-0.4, -0.2) is 17.5 Å². The Labute approximate surface area is 121 Å². The molecule has 1 heterocycles. The minimum Gasteiger partial charge on any atom is -0.491 e. The Balaban J connectivity index is 2.25. The molecule has 0 saturated carbocycles. The molecule has 2 aromatic rings. The number of para-hydroxylation sites is 1. The van der Waals surface area contributed by atoms with Gasteiger partial charge in [0.15, 0.2) is 5.75 Å². The minimum absolute atomic E-state index is 0.337. The van der Waals surface area contributed by atoms with Crippen LogP contribution in [0, 0.1) is 0 Å². The van der Waals surface area contributed by atoms with Gasteiger partial charge in [0.1, 0.15) is 5.82 Å². The molecule has 104 valence electrons. The van der Waals surface area contributed by atoms with E-state index in [1.165, 1.54) is 6.20 Å². The molecule has 0 aliphatic heterocycles. The summed E-state index contributed by atoms with van der Waals surface area (Å²) >= 11 is 5.74. The average Bonchev–Trinajstić information content (AvgIpc) is 2.43. The van der Waals surface area contributed by atoms with Crippen molar-refractivity contribution in [1.82, 2.24) is 4.98 Å². The Bertz CT molecular complexity index is 614. The van der Waals surface area contributed by atoms with E-state index in [2.05, 4.69) is 10.3 Å². The lowest BCUT2D eigenvalue weighted by Gasteiger charge is -2.12. The largest absolute Gasteiger partial charge is 0.491 e. The lowest BCUT2D eigenvalue weighted by molar-refractivity contribution is 0.102. The van der Waals surface area contributed by atoms with Gasteiger partial charge in [0, 0.05) is 6.20 Å². The smallest absolute Gasteiger partial charge is 0.260 e. The van der Waals surface area contributed by atoms with Crippen LogP contribution in [0.1, 0.15) is 17.3 Å². The number of rotatable bonds is 4. The molecular weight excluding hydrogens is 278 g/mol. The van der Waals surface area contributed by atoms with Crippen LogP contribution in [0.2, 0.25) is 5.02 Å². The van der Waals surface area contributed by atoms with E-state index in [4.69, 9.17) is 22.1 Å². The zero-order valence-corrected chi connectivity index (χ0v) is 11.6. The summed E-state index contributed by atoms with van der Waals surface area (Å²) in [5, 5.41) is 3.17. The van der Waals surface area contributed by atoms with Crippen LogP contribution in [0.5, 0.6) is 5.75 Å². The fourth-order valence-electron chi connectivity index (χ4n) is 1.67. The third-order valence-electron chi connectivity index (χ3n) is 2.55. The molecule has 6 heteroatoms. The van der Waals surface area contributed by atoms with E-state index in [1.54, 1.807) is 30.3 Å². The first kappa shape index (κ1) is 14.1. The second kappa shape index (κ2) is 6.25. The van der Waals surface area contributed by atoms with E-state index in [-0.39, 0.29) is 5.91 Å². The standard InChI is InChI=1S/C14H14ClN3O2/c1-2-20-13-10(4-3-5-11(13)16)14(19)18-12-7-6-9(15)8-17-12/h3-8H,2,16H2,1H3,(H,17,18,19). The highest BCUT2D eigenvalue weighted by atomic mass is 35.5. The van der Waals surface area contributed by atoms with Crippen LogP contribution in [0.25, 0.3) is 0 Å². The minimum atomic E-state index is -0.337. The van der Waals surface area contributed by atoms with Crippen molar-refractivity contribution in [3.63, 3.8) is 0 Å². The van der Waals surface area contributed by atoms with Crippen molar-refractivity contribution < 1.29 is 9.53 Å². The van der Waals surface area contributed by atoms with Crippen molar-refractivity contribution in [3.8, 4) is 5.75 Å². The molecule has 0 aliphatic rings. The topological polar surface area (TPSA) is 77.2 Å². The number of nitrogen functional groups attached to an aromatic ring is 1. The number of nitrogens with zero attached hydrogens (tertiary/aromatic N) is 1. The van der Waals surface area contributed by atoms with E-state index in [9.17, 15) is 4.79 Å². The zero-order valence-electron chi connectivity index (χ0n) is 10.9. The van der Waals surface area contributed by atoms with Gasteiger partial charge in [-0.3, -0.25) is 4.79 Å². The van der Waals surface area contributed by atoms with E-state index >= 15 is 0 Å². The van der Waals surface area contributed by atoms with Crippen LogP contribution in [0.15, 0.2) is 36.5 Å². The Kier molecular flexibility index (Phi) is 4.42. The van der Waals surface area contributed by atoms with Crippen LogP contribution < -0.4 is 15.8 Å². The van der Waals surface area contributed by atoms with Crippen LogP contribution in [0.3, 0.4) is 0 Å². The molecule has 3 N–H and O–H groups in total. The molecule has 0 aliphatic carbocycles. The summed E-state index contributed by atoms with van der Waals surface area (Å²) in [4.78, 5) is 16.2. The number of halogens is 1. The third-order valence-corrected chi connectivity index (χ3v) is 2.77. The van der Waals surface area contributed by atoms with Crippen LogP contribution in [-0.2, 0) is 0 Å². The second-order valence-corrected chi connectivity index (χ2v) is 4.41. The predicted molar refractivity (Wildman–Crippen MR) is 79.2 cm³/mol. The molecule has 0 spiro atoms. The third kappa shape index (κ3) is 3.19. The van der Waals surface area contributed by atoms with Gasteiger partial charge in [-0.15, -0.1) is 0 Å². The zero-order chi connectivity index (χ0) is 14.5. The van der Waals surface area contributed by atoms with Gasteiger partial charge in [-0.05, 0) is 31.2 Å². The number of carbonyl (C=O) groups is 1. The normalized spacial score (nSPS) is 10.1. The van der Waals surface area contributed by atoms with Gasteiger partial charge in [0.05, 0.1) is 22.9 Å². The van der Waals surface area contributed by atoms with Gasteiger partial charge in [-0.1, -0.05) is 17.7 Å². The first-order valence-electron chi connectivity index (χ1n) is 6.06. The number of ether oxygens (including phenoxy) is 1. The molecule has 0 saturated heterocycles. The van der Waals surface area contributed by atoms with E-state index in [1.807, 2.05) is 6.92 Å². The maximum atomic E-state index is 12.2. The van der Waals surface area contributed by atoms with Crippen molar-refractivity contribution in [2.45, 2.75) is 6.92 Å². The monoisotopic (exact) mass is 291 g/mol. The highest BCUT2D eigenvalue weighted by Gasteiger charge is 2.15. The summed E-state index contributed by atoms with van der Waals surface area (Å²) in [5.41, 5.74) is 6.60. The van der Waals surface area contributed by atoms with Crippen LogP contribution in [0.4, 0.5) is 11.5 Å². The Morgan fingerprint density at radius 1 is 1.40 bits per heavy atom. The number of aromatic nitrogens is 1. The number of pyridine rings is 1. The van der Waals surface area contributed by atoms with E-state index < -0.39 is 0 Å². The van der Waals surface area contributed by atoms with Gasteiger partial charge < -0.3 is 15.8 Å². The Morgan fingerprint density at radius 3 is 2.85 bits per heavy atom. The molecule has 1 aromatic heterocycles. The number of benzene rings is 1. The SMILES string of the molecule is CCOc1c(N)cccc1C(=O)Nc1ccc(Cl)cn1. The maximum absolute atomic E-state index is 12.2. The average molecular weight is 292 g/mol. The second-order valence-electron chi connectivity index (χ2n) is 3.97. The van der Waals surface area contributed by atoms with Crippen LogP contribution >= 0.6 is 11.6 Å². The predicted octanol–water partition coefficient (Wildman–Crippen LogP) is 2.97. The van der Waals surface area contributed by atoms with E-state index in [0.717, 1.165) is 0 Å². The molecule has 0 fully saturated rings. The highest BCUT2D eigenvalue weighted by molar-refractivity contribution is 6.30. The lowest BCUT2D eigenvalue weighted by atomic mass is 10.1. The van der Waals surface area contributed by atoms with Crippen molar-refractivity contribution >= 4 is 29.0 Å². The first-order valence-corrected chi connectivity index (χ1v) is 6.43. The fraction of sp³-hybridized carbons (Fsp3) is 0.143. The molecule has 2 rings (SSSR count). The molecule has 1 aromatic carbocycles. The van der Waals surface area contributed by atoms with Crippen molar-refractivity contribution in [3.05, 3.63) is 47.1 Å². The number of nitrogens with two attached hydrogens (primary N) is 1. The molecule has 0 unspecified atom stereocenters. The lowest BCUT2D eigenvalue weighted by Crippen LogP contribution is -2.15. The number of carbonyl (C=O) groups excluding carboxylic acids is 1.